The lowest BCUT2D eigenvalue weighted by Gasteiger charge is -2.13. The average molecular weight is 176 g/mol. The van der Waals surface area contributed by atoms with Crippen molar-refractivity contribution < 1.29 is 19.0 Å². The van der Waals surface area contributed by atoms with Crippen LogP contribution >= 0.6 is 0 Å². The van der Waals surface area contributed by atoms with Crippen molar-refractivity contribution in [1.29, 1.82) is 0 Å². The number of methoxy groups -OCH3 is 1. The summed E-state index contributed by atoms with van der Waals surface area (Å²) in [6.07, 6.45) is -0.327. The summed E-state index contributed by atoms with van der Waals surface area (Å²) in [4.78, 5) is 10.9. The van der Waals surface area contributed by atoms with Gasteiger partial charge in [0.15, 0.2) is 6.29 Å². The molecule has 0 rings (SSSR count). The van der Waals surface area contributed by atoms with E-state index in [9.17, 15) is 4.79 Å². The van der Waals surface area contributed by atoms with Gasteiger partial charge in [-0.05, 0) is 13.8 Å². The minimum Gasteiger partial charge on any atom is -0.466 e. The largest absolute Gasteiger partial charge is 0.466 e. The average Bonchev–Trinajstić information content (AvgIpc) is 2.04. The molecule has 72 valence electrons. The molecule has 0 spiro atoms. The maximum atomic E-state index is 10.9. The van der Waals surface area contributed by atoms with Crippen LogP contribution in [0.25, 0.3) is 0 Å². The lowest BCUT2D eigenvalue weighted by atomic mass is 10.4. The molecule has 0 bridgehead atoms. The minimum atomic E-state index is -0.478. The zero-order valence-electron chi connectivity index (χ0n) is 7.83. The Bertz CT molecular complexity index is 124. The molecular weight excluding hydrogens is 160 g/mol. The summed E-state index contributed by atoms with van der Waals surface area (Å²) >= 11 is 0. The first-order chi connectivity index (χ1) is 5.74. The first-order valence-electron chi connectivity index (χ1n) is 4.04. The SMILES string of the molecule is CCOC(=O)C[C@H](OC)OCC. The summed E-state index contributed by atoms with van der Waals surface area (Å²) in [7, 11) is 1.50. The highest BCUT2D eigenvalue weighted by atomic mass is 16.7. The Labute approximate surface area is 72.8 Å². The maximum Gasteiger partial charge on any atom is 0.310 e. The Hall–Kier alpha value is -0.610. The first kappa shape index (κ1) is 11.4. The highest BCUT2D eigenvalue weighted by Gasteiger charge is 2.12. The van der Waals surface area contributed by atoms with Crippen LogP contribution in [-0.4, -0.2) is 32.6 Å². The Morgan fingerprint density at radius 1 is 1.33 bits per heavy atom. The van der Waals surface area contributed by atoms with Gasteiger partial charge in [0.05, 0.1) is 13.0 Å². The van der Waals surface area contributed by atoms with E-state index in [1.807, 2.05) is 6.92 Å². The Balaban J connectivity index is 3.61. The Morgan fingerprint density at radius 2 is 2.00 bits per heavy atom. The van der Waals surface area contributed by atoms with Gasteiger partial charge in [-0.3, -0.25) is 4.79 Å². The third-order valence-electron chi connectivity index (χ3n) is 1.25. The second-order valence-electron chi connectivity index (χ2n) is 2.13. The highest BCUT2D eigenvalue weighted by molar-refractivity contribution is 5.69. The van der Waals surface area contributed by atoms with Gasteiger partial charge in [-0.2, -0.15) is 0 Å². The van der Waals surface area contributed by atoms with E-state index in [4.69, 9.17) is 14.2 Å². The topological polar surface area (TPSA) is 44.8 Å². The summed E-state index contributed by atoms with van der Waals surface area (Å²) in [5.41, 5.74) is 0. The number of rotatable bonds is 6. The molecule has 0 saturated carbocycles. The number of hydrogen-bond donors (Lipinski definition) is 0. The third-order valence-corrected chi connectivity index (χ3v) is 1.25. The zero-order valence-corrected chi connectivity index (χ0v) is 7.83. The lowest BCUT2D eigenvalue weighted by molar-refractivity contribution is -0.162. The van der Waals surface area contributed by atoms with Crippen molar-refractivity contribution in [3.8, 4) is 0 Å². The molecule has 4 nitrogen and oxygen atoms in total. The number of carbonyl (C=O) groups excluding carboxylic acids is 1. The summed E-state index contributed by atoms with van der Waals surface area (Å²) < 4.78 is 14.7. The molecule has 0 fully saturated rings. The minimum absolute atomic E-state index is 0.151. The van der Waals surface area contributed by atoms with Crippen LogP contribution in [0.1, 0.15) is 20.3 Å². The van der Waals surface area contributed by atoms with Gasteiger partial charge in [0.2, 0.25) is 0 Å². The van der Waals surface area contributed by atoms with Gasteiger partial charge in [-0.15, -0.1) is 0 Å². The van der Waals surface area contributed by atoms with E-state index in [0.717, 1.165) is 0 Å². The fourth-order valence-electron chi connectivity index (χ4n) is 0.752. The molecule has 0 amide bonds. The van der Waals surface area contributed by atoms with Crippen molar-refractivity contribution in [3.05, 3.63) is 0 Å². The van der Waals surface area contributed by atoms with Gasteiger partial charge in [0, 0.05) is 13.7 Å². The summed E-state index contributed by atoms with van der Waals surface area (Å²) in [5.74, 6) is -0.294. The number of carbonyl (C=O) groups is 1. The van der Waals surface area contributed by atoms with Crippen molar-refractivity contribution in [2.75, 3.05) is 20.3 Å². The Morgan fingerprint density at radius 3 is 2.42 bits per heavy atom. The summed E-state index contributed by atoms with van der Waals surface area (Å²) in [6.45, 7) is 4.52. The fraction of sp³-hybridized carbons (Fsp3) is 0.875. The molecule has 0 heterocycles. The first-order valence-corrected chi connectivity index (χ1v) is 4.04. The van der Waals surface area contributed by atoms with E-state index in [0.29, 0.717) is 13.2 Å². The highest BCUT2D eigenvalue weighted by Crippen LogP contribution is 2.00. The molecular formula is C8H16O4. The van der Waals surface area contributed by atoms with Gasteiger partial charge < -0.3 is 14.2 Å². The van der Waals surface area contributed by atoms with E-state index >= 15 is 0 Å². The molecule has 0 N–H and O–H groups in total. The molecule has 12 heavy (non-hydrogen) atoms. The van der Waals surface area contributed by atoms with Gasteiger partial charge in [0.1, 0.15) is 0 Å². The normalized spacial score (nSPS) is 12.6. The van der Waals surface area contributed by atoms with Crippen LogP contribution in [0.4, 0.5) is 0 Å². The van der Waals surface area contributed by atoms with Crippen molar-refractivity contribution in [1.82, 2.24) is 0 Å². The summed E-state index contributed by atoms with van der Waals surface area (Å²) in [6, 6.07) is 0. The smallest absolute Gasteiger partial charge is 0.310 e. The van der Waals surface area contributed by atoms with Crippen LogP contribution in [0.5, 0.6) is 0 Å². The van der Waals surface area contributed by atoms with E-state index in [1.54, 1.807) is 6.92 Å². The second-order valence-corrected chi connectivity index (χ2v) is 2.13. The van der Waals surface area contributed by atoms with Crippen LogP contribution in [-0.2, 0) is 19.0 Å². The van der Waals surface area contributed by atoms with Crippen LogP contribution in [0, 0.1) is 0 Å². The van der Waals surface area contributed by atoms with Crippen molar-refractivity contribution in [3.63, 3.8) is 0 Å². The molecule has 0 aliphatic carbocycles. The monoisotopic (exact) mass is 176 g/mol. The number of ether oxygens (including phenoxy) is 3. The maximum absolute atomic E-state index is 10.9. The fourth-order valence-corrected chi connectivity index (χ4v) is 0.752. The molecule has 1 atom stereocenters. The molecule has 0 aromatic rings. The van der Waals surface area contributed by atoms with E-state index in [2.05, 4.69) is 0 Å². The number of hydrogen-bond acceptors (Lipinski definition) is 4. The van der Waals surface area contributed by atoms with Crippen LogP contribution in [0.15, 0.2) is 0 Å². The van der Waals surface area contributed by atoms with E-state index in [-0.39, 0.29) is 12.4 Å². The van der Waals surface area contributed by atoms with Gasteiger partial charge in [0.25, 0.3) is 0 Å². The van der Waals surface area contributed by atoms with Crippen LogP contribution in [0.3, 0.4) is 0 Å². The van der Waals surface area contributed by atoms with Gasteiger partial charge >= 0.3 is 5.97 Å². The quantitative estimate of drug-likeness (QED) is 0.446. The van der Waals surface area contributed by atoms with Crippen LogP contribution in [0.2, 0.25) is 0 Å². The molecule has 0 aromatic carbocycles. The molecule has 0 radical (unpaired) electrons. The number of esters is 1. The van der Waals surface area contributed by atoms with Gasteiger partial charge in [-0.25, -0.2) is 0 Å². The van der Waals surface area contributed by atoms with Crippen LogP contribution < -0.4 is 0 Å². The van der Waals surface area contributed by atoms with Gasteiger partial charge in [-0.1, -0.05) is 0 Å². The van der Waals surface area contributed by atoms with Crippen molar-refractivity contribution >= 4 is 5.97 Å². The van der Waals surface area contributed by atoms with Crippen molar-refractivity contribution in [2.45, 2.75) is 26.6 Å². The van der Waals surface area contributed by atoms with E-state index < -0.39 is 6.29 Å². The zero-order chi connectivity index (χ0) is 9.40. The predicted molar refractivity (Wildman–Crippen MR) is 43.7 cm³/mol. The van der Waals surface area contributed by atoms with E-state index in [1.165, 1.54) is 7.11 Å². The third kappa shape index (κ3) is 5.09. The molecule has 4 heteroatoms. The molecule has 0 aromatic heterocycles. The molecule has 0 unspecified atom stereocenters. The molecule has 0 aliphatic rings. The lowest BCUT2D eigenvalue weighted by Crippen LogP contribution is -2.21. The molecule has 0 saturated heterocycles. The summed E-state index contributed by atoms with van der Waals surface area (Å²) in [5, 5.41) is 0. The Kier molecular flexibility index (Phi) is 6.70. The second kappa shape index (κ2) is 7.06. The predicted octanol–water partition coefficient (Wildman–Crippen LogP) is 0.949. The van der Waals surface area contributed by atoms with Crippen molar-refractivity contribution in [2.24, 2.45) is 0 Å². The standard InChI is InChI=1S/C8H16O4/c1-4-11-7(9)6-8(10-3)12-5-2/h8H,4-6H2,1-3H3/t8-/m1/s1. The molecule has 0 aliphatic heterocycles.